The quantitative estimate of drug-likeness (QED) is 0.847. The Morgan fingerprint density at radius 1 is 1.33 bits per heavy atom. The monoisotopic (exact) mass is 372 g/mol. The molecule has 114 valence electrons. The molecule has 2 N–H and O–H groups in total. The summed E-state index contributed by atoms with van der Waals surface area (Å²) < 4.78 is 30.0. The lowest BCUT2D eigenvalue weighted by Gasteiger charge is -2.09. The summed E-state index contributed by atoms with van der Waals surface area (Å²) in [7, 11) is -3.68. The highest BCUT2D eigenvalue weighted by Gasteiger charge is 2.19. The van der Waals surface area contributed by atoms with Crippen LogP contribution in [0.2, 0.25) is 0 Å². The molecule has 0 unspecified atom stereocenters. The Balaban J connectivity index is 2.38. The van der Waals surface area contributed by atoms with Crippen LogP contribution in [-0.4, -0.2) is 18.1 Å². The van der Waals surface area contributed by atoms with Crippen LogP contribution in [-0.2, 0) is 23.2 Å². The Labute approximate surface area is 132 Å². The van der Waals surface area contributed by atoms with E-state index in [2.05, 4.69) is 20.7 Å². The van der Waals surface area contributed by atoms with Crippen LogP contribution in [0.3, 0.4) is 0 Å². The van der Waals surface area contributed by atoms with Crippen molar-refractivity contribution in [3.8, 4) is 0 Å². The minimum absolute atomic E-state index is 0.146. The number of benzene rings is 1. The summed E-state index contributed by atoms with van der Waals surface area (Å²) in [6.07, 6.45) is 1.53. The average Bonchev–Trinajstić information content (AvgIpc) is 2.86. The van der Waals surface area contributed by atoms with Crippen molar-refractivity contribution >= 4 is 31.6 Å². The van der Waals surface area contributed by atoms with Gasteiger partial charge in [0.1, 0.15) is 4.90 Å². The number of rotatable bonds is 5. The molecule has 0 spiro atoms. The highest BCUT2D eigenvalue weighted by molar-refractivity contribution is 9.10. The first-order valence-corrected chi connectivity index (χ1v) is 8.74. The second kappa shape index (κ2) is 6.21. The number of hydrogen-bond acceptors (Lipinski definition) is 3. The number of sulfonamides is 1. The van der Waals surface area contributed by atoms with Crippen LogP contribution in [0.5, 0.6) is 0 Å². The maximum Gasteiger partial charge on any atom is 0.263 e. The van der Waals surface area contributed by atoms with Crippen LogP contribution in [0.15, 0.2) is 39.8 Å². The average molecular weight is 373 g/mol. The fraction of sp³-hybridized carbons (Fsp3) is 0.286. The fourth-order valence-corrected chi connectivity index (χ4v) is 3.55. The van der Waals surface area contributed by atoms with E-state index in [1.807, 2.05) is 26.0 Å². The van der Waals surface area contributed by atoms with Crippen LogP contribution in [0, 0.1) is 6.92 Å². The van der Waals surface area contributed by atoms with E-state index in [-0.39, 0.29) is 11.5 Å². The van der Waals surface area contributed by atoms with Crippen molar-refractivity contribution < 1.29 is 13.5 Å². The van der Waals surface area contributed by atoms with Gasteiger partial charge in [0.25, 0.3) is 10.0 Å². The summed E-state index contributed by atoms with van der Waals surface area (Å²) in [5.74, 6) is 0. The molecule has 2 aromatic rings. The lowest BCUT2D eigenvalue weighted by atomic mass is 10.2. The minimum atomic E-state index is -3.68. The highest BCUT2D eigenvalue weighted by atomic mass is 79.9. The third kappa shape index (κ3) is 3.48. The van der Waals surface area contributed by atoms with E-state index in [0.717, 1.165) is 10.0 Å². The van der Waals surface area contributed by atoms with Crippen molar-refractivity contribution in [3.63, 3.8) is 0 Å². The Morgan fingerprint density at radius 3 is 2.62 bits per heavy atom. The number of halogens is 1. The Bertz CT molecular complexity index is 732. The minimum Gasteiger partial charge on any atom is -0.390 e. The summed E-state index contributed by atoms with van der Waals surface area (Å²) in [4.78, 5) is 0.146. The van der Waals surface area contributed by atoms with Gasteiger partial charge in [-0.1, -0.05) is 22.0 Å². The molecule has 0 fully saturated rings. The van der Waals surface area contributed by atoms with Crippen LogP contribution >= 0.6 is 15.9 Å². The molecule has 5 nitrogen and oxygen atoms in total. The predicted octanol–water partition coefficient (Wildman–Crippen LogP) is 2.87. The smallest absolute Gasteiger partial charge is 0.263 e. The van der Waals surface area contributed by atoms with Crippen molar-refractivity contribution in [2.24, 2.45) is 0 Å². The number of anilines is 1. The molecule has 1 aromatic carbocycles. The third-order valence-corrected chi connectivity index (χ3v) is 5.04. The topological polar surface area (TPSA) is 71.3 Å². The van der Waals surface area contributed by atoms with Gasteiger partial charge in [-0.15, -0.1) is 0 Å². The zero-order valence-corrected chi connectivity index (χ0v) is 14.2. The molecular weight excluding hydrogens is 356 g/mol. The van der Waals surface area contributed by atoms with Crippen LogP contribution in [0.1, 0.15) is 18.2 Å². The van der Waals surface area contributed by atoms with E-state index < -0.39 is 10.0 Å². The summed E-state index contributed by atoms with van der Waals surface area (Å²) in [5, 5.41) is 9.26. The lowest BCUT2D eigenvalue weighted by molar-refractivity contribution is 0.271. The van der Waals surface area contributed by atoms with Crippen LogP contribution in [0.4, 0.5) is 5.69 Å². The van der Waals surface area contributed by atoms with E-state index in [1.54, 1.807) is 10.6 Å². The van der Waals surface area contributed by atoms with Crippen molar-refractivity contribution in [2.45, 2.75) is 31.9 Å². The van der Waals surface area contributed by atoms with Gasteiger partial charge in [-0.25, -0.2) is 8.42 Å². The third-order valence-electron chi connectivity index (χ3n) is 3.22. The zero-order chi connectivity index (χ0) is 15.6. The number of aliphatic hydroxyl groups excluding tert-OH is 1. The first-order chi connectivity index (χ1) is 9.87. The fourth-order valence-electron chi connectivity index (χ4n) is 2.01. The van der Waals surface area contributed by atoms with E-state index in [9.17, 15) is 13.5 Å². The molecular formula is C14H17BrN2O3S. The molecule has 0 atom stereocenters. The van der Waals surface area contributed by atoms with Gasteiger partial charge in [-0.3, -0.25) is 4.72 Å². The van der Waals surface area contributed by atoms with Gasteiger partial charge in [-0.2, -0.15) is 0 Å². The second-order valence-corrected chi connectivity index (χ2v) is 7.27. The van der Waals surface area contributed by atoms with E-state index in [4.69, 9.17) is 0 Å². The summed E-state index contributed by atoms with van der Waals surface area (Å²) in [6.45, 7) is 4.13. The number of nitrogens with zero attached hydrogens (tertiary/aromatic N) is 1. The van der Waals surface area contributed by atoms with Crippen molar-refractivity contribution in [1.82, 2.24) is 4.57 Å². The maximum atomic E-state index is 12.4. The summed E-state index contributed by atoms with van der Waals surface area (Å²) >= 11 is 3.33. The van der Waals surface area contributed by atoms with Crippen LogP contribution in [0.25, 0.3) is 0 Å². The number of hydrogen-bond donors (Lipinski definition) is 2. The van der Waals surface area contributed by atoms with Gasteiger partial charge >= 0.3 is 0 Å². The first kappa shape index (κ1) is 16.1. The highest BCUT2D eigenvalue weighted by Crippen LogP contribution is 2.24. The number of aliphatic hydroxyl groups is 1. The van der Waals surface area contributed by atoms with E-state index in [0.29, 0.717) is 17.9 Å². The molecule has 0 saturated heterocycles. The Morgan fingerprint density at radius 2 is 2.05 bits per heavy atom. The molecule has 21 heavy (non-hydrogen) atoms. The van der Waals surface area contributed by atoms with E-state index in [1.165, 1.54) is 12.3 Å². The van der Waals surface area contributed by atoms with Crippen LogP contribution < -0.4 is 4.72 Å². The van der Waals surface area contributed by atoms with Gasteiger partial charge in [-0.05, 0) is 37.6 Å². The van der Waals surface area contributed by atoms with E-state index >= 15 is 0 Å². The van der Waals surface area contributed by atoms with Crippen molar-refractivity contribution in [2.75, 3.05) is 4.72 Å². The molecule has 0 saturated carbocycles. The predicted molar refractivity (Wildman–Crippen MR) is 85.7 cm³/mol. The molecule has 7 heteroatoms. The summed E-state index contributed by atoms with van der Waals surface area (Å²) in [6, 6.07) is 6.89. The van der Waals surface area contributed by atoms with Gasteiger partial charge in [0.05, 0.1) is 12.3 Å². The summed E-state index contributed by atoms with van der Waals surface area (Å²) in [5.41, 5.74) is 1.93. The first-order valence-electron chi connectivity index (χ1n) is 6.46. The molecule has 1 aromatic heterocycles. The molecule has 0 aliphatic carbocycles. The van der Waals surface area contributed by atoms with Gasteiger partial charge in [0.2, 0.25) is 0 Å². The largest absolute Gasteiger partial charge is 0.390 e. The second-order valence-electron chi connectivity index (χ2n) is 4.68. The normalized spacial score (nSPS) is 11.6. The molecule has 0 bridgehead atoms. The number of aromatic nitrogens is 1. The van der Waals surface area contributed by atoms with Crippen molar-refractivity contribution in [3.05, 3.63) is 46.2 Å². The lowest BCUT2D eigenvalue weighted by Crippen LogP contribution is -2.13. The SMILES string of the molecule is CCn1cc(S(=O)(=O)Nc2cc(Br)ccc2C)cc1CO. The molecule has 0 aliphatic rings. The molecule has 0 aliphatic heterocycles. The molecule has 0 amide bonds. The number of nitrogens with one attached hydrogen (secondary N) is 1. The van der Waals surface area contributed by atoms with Gasteiger partial charge in [0.15, 0.2) is 0 Å². The maximum absolute atomic E-state index is 12.4. The van der Waals surface area contributed by atoms with Gasteiger partial charge < -0.3 is 9.67 Å². The standard InChI is InChI=1S/C14H17BrN2O3S/c1-3-17-8-13(7-12(17)9-18)21(19,20)16-14-6-11(15)5-4-10(14)2/h4-8,16,18H,3,9H2,1-2H3. The molecule has 1 heterocycles. The van der Waals surface area contributed by atoms with Crippen molar-refractivity contribution in [1.29, 1.82) is 0 Å². The molecule has 0 radical (unpaired) electrons. The number of aryl methyl sites for hydroxylation is 2. The zero-order valence-electron chi connectivity index (χ0n) is 11.8. The van der Waals surface area contributed by atoms with Gasteiger partial charge in [0, 0.05) is 22.9 Å². The Kier molecular flexibility index (Phi) is 4.75. The molecule has 2 rings (SSSR count). The Hall–Kier alpha value is -1.31.